The predicted molar refractivity (Wildman–Crippen MR) is 99.1 cm³/mol. The summed E-state index contributed by atoms with van der Waals surface area (Å²) < 4.78 is 15.7. The molecule has 0 fully saturated rings. The zero-order valence-corrected chi connectivity index (χ0v) is 14.0. The van der Waals surface area contributed by atoms with Crippen molar-refractivity contribution in [1.82, 2.24) is 9.38 Å². The standard InChI is InChI=1S/C21H15FN4/c22-13-5-3-6-14(11-13)24-20-16-8-4-7-15(16)17(12-23)21-25-18-9-1-2-10-19(18)26(20)21/h1-3,5-6,9-11,24H,4,7-8H2. The van der Waals surface area contributed by atoms with Crippen LogP contribution in [-0.4, -0.2) is 9.38 Å². The Kier molecular flexibility index (Phi) is 3.19. The summed E-state index contributed by atoms with van der Waals surface area (Å²) in [5, 5.41) is 13.2. The molecule has 2 aromatic heterocycles. The molecular formula is C21H15FN4. The van der Waals surface area contributed by atoms with Gasteiger partial charge in [0, 0.05) is 5.69 Å². The predicted octanol–water partition coefficient (Wildman–Crippen LogP) is 4.73. The van der Waals surface area contributed by atoms with Crippen LogP contribution in [0.5, 0.6) is 0 Å². The number of pyridine rings is 1. The number of benzene rings is 2. The van der Waals surface area contributed by atoms with E-state index in [1.54, 1.807) is 6.07 Å². The molecule has 126 valence electrons. The highest BCUT2D eigenvalue weighted by atomic mass is 19.1. The molecule has 0 saturated heterocycles. The largest absolute Gasteiger partial charge is 0.341 e. The summed E-state index contributed by atoms with van der Waals surface area (Å²) in [5.74, 6) is 0.595. The van der Waals surface area contributed by atoms with Gasteiger partial charge in [-0.05, 0) is 60.7 Å². The van der Waals surface area contributed by atoms with Gasteiger partial charge in [0.15, 0.2) is 5.65 Å². The van der Waals surface area contributed by atoms with Crippen molar-refractivity contribution in [2.24, 2.45) is 0 Å². The fraction of sp³-hybridized carbons (Fsp3) is 0.143. The molecule has 0 aliphatic heterocycles. The van der Waals surface area contributed by atoms with E-state index in [4.69, 9.17) is 4.98 Å². The minimum absolute atomic E-state index is 0.285. The van der Waals surface area contributed by atoms with Gasteiger partial charge in [-0.2, -0.15) is 5.26 Å². The first kappa shape index (κ1) is 14.9. The normalized spacial score (nSPS) is 13.1. The van der Waals surface area contributed by atoms with Crippen LogP contribution in [0.25, 0.3) is 16.7 Å². The number of aromatic nitrogens is 2. The monoisotopic (exact) mass is 342 g/mol. The van der Waals surface area contributed by atoms with Crippen LogP contribution in [0.2, 0.25) is 0 Å². The van der Waals surface area contributed by atoms with Crippen molar-refractivity contribution < 1.29 is 4.39 Å². The lowest BCUT2D eigenvalue weighted by molar-refractivity contribution is 0.628. The highest BCUT2D eigenvalue weighted by Crippen LogP contribution is 2.37. The number of nitriles is 1. The Morgan fingerprint density at radius 3 is 2.77 bits per heavy atom. The van der Waals surface area contributed by atoms with E-state index in [2.05, 4.69) is 11.4 Å². The van der Waals surface area contributed by atoms with Crippen LogP contribution in [0.4, 0.5) is 15.9 Å². The maximum Gasteiger partial charge on any atom is 0.157 e. The first-order valence-corrected chi connectivity index (χ1v) is 8.64. The molecule has 4 aromatic rings. The molecule has 26 heavy (non-hydrogen) atoms. The minimum atomic E-state index is -0.285. The van der Waals surface area contributed by atoms with Crippen LogP contribution >= 0.6 is 0 Å². The molecule has 0 bridgehead atoms. The van der Waals surface area contributed by atoms with Gasteiger partial charge in [0.1, 0.15) is 17.7 Å². The summed E-state index contributed by atoms with van der Waals surface area (Å²) in [5.41, 5.74) is 5.97. The van der Waals surface area contributed by atoms with Crippen molar-refractivity contribution in [3.63, 3.8) is 0 Å². The van der Waals surface area contributed by atoms with Crippen molar-refractivity contribution >= 4 is 28.2 Å². The lowest BCUT2D eigenvalue weighted by Crippen LogP contribution is -2.06. The van der Waals surface area contributed by atoms with Crippen molar-refractivity contribution in [3.05, 3.63) is 71.0 Å². The third-order valence-corrected chi connectivity index (χ3v) is 5.01. The molecule has 0 saturated carbocycles. The molecule has 4 nitrogen and oxygen atoms in total. The summed E-state index contributed by atoms with van der Waals surface area (Å²) in [6.07, 6.45) is 2.77. The van der Waals surface area contributed by atoms with Gasteiger partial charge in [0.05, 0.1) is 16.6 Å². The number of para-hydroxylation sites is 2. The third-order valence-electron chi connectivity index (χ3n) is 5.01. The van der Waals surface area contributed by atoms with Gasteiger partial charge in [0.25, 0.3) is 0 Å². The van der Waals surface area contributed by atoms with Crippen LogP contribution in [0.3, 0.4) is 0 Å². The van der Waals surface area contributed by atoms with E-state index in [-0.39, 0.29) is 5.82 Å². The lowest BCUT2D eigenvalue weighted by Gasteiger charge is -2.16. The van der Waals surface area contributed by atoms with Crippen molar-refractivity contribution in [3.8, 4) is 6.07 Å². The van der Waals surface area contributed by atoms with E-state index in [9.17, 15) is 9.65 Å². The number of hydrogen-bond donors (Lipinski definition) is 1. The Morgan fingerprint density at radius 2 is 1.92 bits per heavy atom. The first-order valence-electron chi connectivity index (χ1n) is 8.64. The fourth-order valence-electron chi connectivity index (χ4n) is 3.92. The maximum atomic E-state index is 13.7. The second-order valence-electron chi connectivity index (χ2n) is 6.54. The molecular weight excluding hydrogens is 327 g/mol. The fourth-order valence-corrected chi connectivity index (χ4v) is 3.92. The number of halogens is 1. The molecule has 1 N–H and O–H groups in total. The quantitative estimate of drug-likeness (QED) is 0.573. The van der Waals surface area contributed by atoms with E-state index in [1.165, 1.54) is 12.1 Å². The van der Waals surface area contributed by atoms with Crippen molar-refractivity contribution in [2.75, 3.05) is 5.32 Å². The van der Waals surface area contributed by atoms with E-state index in [0.29, 0.717) is 16.9 Å². The number of anilines is 2. The smallest absolute Gasteiger partial charge is 0.157 e. The van der Waals surface area contributed by atoms with Gasteiger partial charge in [-0.3, -0.25) is 4.40 Å². The summed E-state index contributed by atoms with van der Waals surface area (Å²) in [6.45, 7) is 0. The number of nitrogens with one attached hydrogen (secondary N) is 1. The van der Waals surface area contributed by atoms with Crippen LogP contribution < -0.4 is 5.32 Å². The molecule has 2 aromatic carbocycles. The van der Waals surface area contributed by atoms with Crippen LogP contribution in [0, 0.1) is 17.1 Å². The zero-order valence-electron chi connectivity index (χ0n) is 14.0. The first-order chi connectivity index (χ1) is 12.8. The zero-order chi connectivity index (χ0) is 17.7. The van der Waals surface area contributed by atoms with Crippen molar-refractivity contribution in [2.45, 2.75) is 19.3 Å². The molecule has 0 unspecified atom stereocenters. The topological polar surface area (TPSA) is 53.1 Å². The van der Waals surface area contributed by atoms with Gasteiger partial charge in [-0.25, -0.2) is 9.37 Å². The number of rotatable bonds is 2. The van der Waals surface area contributed by atoms with E-state index in [0.717, 1.165) is 47.2 Å². The summed E-state index contributed by atoms with van der Waals surface area (Å²) in [4.78, 5) is 4.71. The minimum Gasteiger partial charge on any atom is -0.341 e. The second kappa shape index (κ2) is 5.57. The molecule has 5 rings (SSSR count). The number of imidazole rings is 1. The number of fused-ring (bicyclic) bond motifs is 4. The van der Waals surface area contributed by atoms with Crippen LogP contribution in [-0.2, 0) is 12.8 Å². The van der Waals surface area contributed by atoms with Gasteiger partial charge in [0.2, 0.25) is 0 Å². The molecule has 0 amide bonds. The average molecular weight is 342 g/mol. The van der Waals surface area contributed by atoms with Gasteiger partial charge >= 0.3 is 0 Å². The summed E-state index contributed by atoms with van der Waals surface area (Å²) in [6, 6.07) is 16.6. The Morgan fingerprint density at radius 1 is 1.08 bits per heavy atom. The SMILES string of the molecule is N#Cc1c2c(c(Nc3cccc(F)c3)n3c1nc1ccccc13)CCC2. The summed E-state index contributed by atoms with van der Waals surface area (Å²) in [7, 11) is 0. The van der Waals surface area contributed by atoms with Gasteiger partial charge in [-0.15, -0.1) is 0 Å². The maximum absolute atomic E-state index is 13.7. The van der Waals surface area contributed by atoms with Crippen LogP contribution in [0.1, 0.15) is 23.1 Å². The molecule has 2 heterocycles. The average Bonchev–Trinajstić information content (AvgIpc) is 3.26. The highest BCUT2D eigenvalue weighted by Gasteiger charge is 2.25. The number of nitrogens with zero attached hydrogens (tertiary/aromatic N) is 3. The Labute approximate surface area is 149 Å². The van der Waals surface area contributed by atoms with E-state index < -0.39 is 0 Å². The Balaban J connectivity index is 1.88. The van der Waals surface area contributed by atoms with Gasteiger partial charge < -0.3 is 5.32 Å². The van der Waals surface area contributed by atoms with Crippen LogP contribution in [0.15, 0.2) is 48.5 Å². The molecule has 0 atom stereocenters. The Hall–Kier alpha value is -3.39. The highest BCUT2D eigenvalue weighted by molar-refractivity contribution is 5.87. The summed E-state index contributed by atoms with van der Waals surface area (Å²) >= 11 is 0. The second-order valence-corrected chi connectivity index (χ2v) is 6.54. The Bertz CT molecular complexity index is 1220. The third kappa shape index (κ3) is 2.09. The van der Waals surface area contributed by atoms with Gasteiger partial charge in [-0.1, -0.05) is 18.2 Å². The van der Waals surface area contributed by atoms with E-state index in [1.807, 2.05) is 34.7 Å². The molecule has 0 spiro atoms. The molecule has 1 aliphatic carbocycles. The lowest BCUT2D eigenvalue weighted by atomic mass is 10.1. The van der Waals surface area contributed by atoms with Crippen molar-refractivity contribution in [1.29, 1.82) is 5.26 Å². The molecule has 5 heteroatoms. The van der Waals surface area contributed by atoms with E-state index >= 15 is 0 Å². The number of hydrogen-bond acceptors (Lipinski definition) is 3. The molecule has 0 radical (unpaired) electrons. The molecule has 1 aliphatic rings.